The van der Waals surface area contributed by atoms with E-state index >= 15 is 0 Å². The number of carbonyl (C=O) groups excluding carboxylic acids is 6. The Kier molecular flexibility index (Phi) is 17.9. The summed E-state index contributed by atoms with van der Waals surface area (Å²) in [5, 5.41) is 10.9. The number of benzene rings is 2. The van der Waals surface area contributed by atoms with Gasteiger partial charge in [0.15, 0.2) is 5.78 Å². The van der Waals surface area contributed by atoms with Crippen LogP contribution in [0, 0.1) is 11.8 Å². The van der Waals surface area contributed by atoms with Crippen molar-refractivity contribution in [3.05, 3.63) is 71.8 Å². The van der Waals surface area contributed by atoms with Crippen molar-refractivity contribution in [3.8, 4) is 0 Å². The molecule has 0 aromatic heterocycles. The zero-order valence-electron chi connectivity index (χ0n) is 31.1. The Morgan fingerprint density at radius 1 is 0.755 bits per heavy atom. The number of unbranched alkanes of at least 4 members (excludes halogenated alkanes) is 1. The first-order valence-corrected chi connectivity index (χ1v) is 18.6. The molecule has 6 amide bonds. The lowest BCUT2D eigenvalue weighted by atomic mass is 9.91. The number of Topliss-reactive ketones (excluding diaryl/α,β-unsaturated/α-hetero) is 1. The molecule has 0 radical (unpaired) electrons. The molecule has 0 aliphatic carbocycles. The van der Waals surface area contributed by atoms with Gasteiger partial charge in [0.2, 0.25) is 23.6 Å². The highest BCUT2D eigenvalue weighted by Gasteiger charge is 2.33. The van der Waals surface area contributed by atoms with Crippen LogP contribution in [0.2, 0.25) is 0 Å². The number of likely N-dealkylation sites (tertiary alicyclic amines) is 1. The monoisotopic (exact) mass is 734 g/mol. The summed E-state index contributed by atoms with van der Waals surface area (Å²) in [6.45, 7) is 5.01. The highest BCUT2D eigenvalue weighted by molar-refractivity contribution is 5.95. The van der Waals surface area contributed by atoms with Crippen LogP contribution in [0.25, 0.3) is 0 Å². The van der Waals surface area contributed by atoms with Gasteiger partial charge in [0.1, 0.15) is 18.1 Å². The SMILES string of the molecule is CC(C)C[C@@H](NC(=O)[C@@H](Cc1ccccc1)NC(=O)[C@H](N)Cc1ccccc1)C(=O)N[C@H](CCCCN)C(=O)N1CCC(CC(=O)CNC(N)=O)CC1. The second kappa shape index (κ2) is 22.3. The molecule has 53 heavy (non-hydrogen) atoms. The summed E-state index contributed by atoms with van der Waals surface area (Å²) in [7, 11) is 0. The molecule has 3 rings (SSSR count). The minimum Gasteiger partial charge on any atom is -0.352 e. The van der Waals surface area contributed by atoms with Gasteiger partial charge in [0.25, 0.3) is 0 Å². The molecule has 1 aliphatic heterocycles. The minimum absolute atomic E-state index is 0.0128. The molecule has 1 saturated heterocycles. The maximum absolute atomic E-state index is 13.9. The Morgan fingerprint density at radius 2 is 1.30 bits per heavy atom. The quantitative estimate of drug-likeness (QED) is 0.0922. The van der Waals surface area contributed by atoms with Crippen molar-refractivity contribution in [2.75, 3.05) is 26.2 Å². The number of hydrogen-bond acceptors (Lipinski definition) is 8. The van der Waals surface area contributed by atoms with Crippen molar-refractivity contribution < 1.29 is 28.8 Å². The summed E-state index contributed by atoms with van der Waals surface area (Å²) in [5.74, 6) is -1.80. The van der Waals surface area contributed by atoms with Gasteiger partial charge in [0.05, 0.1) is 12.6 Å². The highest BCUT2D eigenvalue weighted by atomic mass is 16.2. The van der Waals surface area contributed by atoms with Gasteiger partial charge in [0, 0.05) is 25.9 Å². The zero-order valence-corrected chi connectivity index (χ0v) is 31.1. The zero-order chi connectivity index (χ0) is 38.8. The molecule has 14 nitrogen and oxygen atoms in total. The number of hydrogen-bond donors (Lipinski definition) is 7. The smallest absolute Gasteiger partial charge is 0.312 e. The molecule has 0 unspecified atom stereocenters. The van der Waals surface area contributed by atoms with E-state index < -0.39 is 47.9 Å². The van der Waals surface area contributed by atoms with E-state index in [0.29, 0.717) is 58.2 Å². The van der Waals surface area contributed by atoms with Gasteiger partial charge in [-0.3, -0.25) is 24.0 Å². The molecule has 10 N–H and O–H groups in total. The first kappa shape index (κ1) is 42.6. The van der Waals surface area contributed by atoms with E-state index in [1.807, 2.05) is 74.5 Å². The Bertz CT molecular complexity index is 1480. The lowest BCUT2D eigenvalue weighted by molar-refractivity contribution is -0.139. The summed E-state index contributed by atoms with van der Waals surface area (Å²) in [5.41, 5.74) is 18.8. The number of nitrogens with one attached hydrogen (secondary N) is 4. The fourth-order valence-corrected chi connectivity index (χ4v) is 6.45. The van der Waals surface area contributed by atoms with Crippen LogP contribution in [0.5, 0.6) is 0 Å². The molecule has 1 aliphatic rings. The predicted octanol–water partition coefficient (Wildman–Crippen LogP) is 1.29. The number of amides is 6. The molecule has 0 saturated carbocycles. The first-order valence-electron chi connectivity index (χ1n) is 18.6. The Balaban J connectivity index is 1.71. The second-order valence-corrected chi connectivity index (χ2v) is 14.3. The van der Waals surface area contributed by atoms with Crippen molar-refractivity contribution in [2.24, 2.45) is 29.0 Å². The Morgan fingerprint density at radius 3 is 1.87 bits per heavy atom. The average molecular weight is 735 g/mol. The van der Waals surface area contributed by atoms with Crippen LogP contribution in [-0.2, 0) is 36.8 Å². The molecule has 4 atom stereocenters. The average Bonchev–Trinajstić information content (AvgIpc) is 3.13. The van der Waals surface area contributed by atoms with Gasteiger partial charge >= 0.3 is 6.03 Å². The molecule has 14 heteroatoms. The highest BCUT2D eigenvalue weighted by Crippen LogP contribution is 2.22. The predicted molar refractivity (Wildman–Crippen MR) is 203 cm³/mol. The van der Waals surface area contributed by atoms with E-state index in [2.05, 4.69) is 21.3 Å². The molecule has 1 fully saturated rings. The minimum atomic E-state index is -1.02. The van der Waals surface area contributed by atoms with Crippen molar-refractivity contribution in [2.45, 2.75) is 95.8 Å². The first-order chi connectivity index (χ1) is 25.4. The number of nitrogens with two attached hydrogens (primary N) is 3. The summed E-state index contributed by atoms with van der Waals surface area (Å²) >= 11 is 0. The van der Waals surface area contributed by atoms with Gasteiger partial charge in [-0.25, -0.2) is 4.79 Å². The van der Waals surface area contributed by atoms with Crippen LogP contribution in [0.15, 0.2) is 60.7 Å². The van der Waals surface area contributed by atoms with E-state index in [9.17, 15) is 28.8 Å². The van der Waals surface area contributed by atoms with Crippen LogP contribution >= 0.6 is 0 Å². The van der Waals surface area contributed by atoms with E-state index in [-0.39, 0.29) is 49.3 Å². The molecule has 1 heterocycles. The summed E-state index contributed by atoms with van der Waals surface area (Å²) in [6, 6.07) is 14.1. The van der Waals surface area contributed by atoms with Crippen molar-refractivity contribution in [1.82, 2.24) is 26.2 Å². The number of ketones is 1. The molecule has 2 aromatic carbocycles. The Hall–Kier alpha value is -4.82. The third kappa shape index (κ3) is 15.4. The van der Waals surface area contributed by atoms with Crippen LogP contribution in [0.1, 0.15) is 69.9 Å². The molecule has 0 spiro atoms. The van der Waals surface area contributed by atoms with E-state index in [4.69, 9.17) is 17.2 Å². The number of nitrogens with zero attached hydrogens (tertiary/aromatic N) is 1. The topological polar surface area (TPSA) is 232 Å². The number of carbonyl (C=O) groups is 6. The van der Waals surface area contributed by atoms with Gasteiger partial charge in [-0.1, -0.05) is 74.5 Å². The number of primary amides is 1. The van der Waals surface area contributed by atoms with Gasteiger partial charge in [-0.05, 0) is 74.5 Å². The standard InChI is InChI=1S/C39H58N8O6/c1-26(2)21-33(46-37(51)34(24-28-13-7-4-8-14-28)45-35(49)31(41)23-27-11-5-3-6-12-27)36(50)44-32(15-9-10-18-40)38(52)47-19-16-29(17-20-47)22-30(48)25-43-39(42)53/h3-8,11-14,26,29,31-34H,9-10,15-25,40-41H2,1-2H3,(H,44,50)(H,45,49)(H,46,51)(H3,42,43,53)/t31-,32-,33-,34-/m1/s1. The van der Waals surface area contributed by atoms with E-state index in [0.717, 1.165) is 11.1 Å². The van der Waals surface area contributed by atoms with Crippen LogP contribution in [-0.4, -0.2) is 90.7 Å². The fourth-order valence-electron chi connectivity index (χ4n) is 6.45. The molecule has 290 valence electrons. The van der Waals surface area contributed by atoms with E-state index in [1.54, 1.807) is 4.90 Å². The largest absolute Gasteiger partial charge is 0.352 e. The molecular weight excluding hydrogens is 676 g/mol. The van der Waals surface area contributed by atoms with Crippen LogP contribution in [0.3, 0.4) is 0 Å². The molecule has 2 aromatic rings. The van der Waals surface area contributed by atoms with Gasteiger partial charge in [-0.2, -0.15) is 0 Å². The maximum Gasteiger partial charge on any atom is 0.312 e. The summed E-state index contributed by atoms with van der Waals surface area (Å²) < 4.78 is 0. The van der Waals surface area contributed by atoms with Crippen molar-refractivity contribution in [1.29, 1.82) is 0 Å². The molecule has 0 bridgehead atoms. The Labute approximate surface area is 312 Å². The van der Waals surface area contributed by atoms with Crippen LogP contribution in [0.4, 0.5) is 4.79 Å². The lowest BCUT2D eigenvalue weighted by Crippen LogP contribution is -2.59. The second-order valence-electron chi connectivity index (χ2n) is 14.3. The van der Waals surface area contributed by atoms with Crippen molar-refractivity contribution >= 4 is 35.4 Å². The van der Waals surface area contributed by atoms with Gasteiger partial charge < -0.3 is 43.4 Å². The number of piperidine rings is 1. The number of urea groups is 1. The number of rotatable bonds is 21. The lowest BCUT2D eigenvalue weighted by Gasteiger charge is -2.35. The van der Waals surface area contributed by atoms with E-state index in [1.165, 1.54) is 0 Å². The summed E-state index contributed by atoms with van der Waals surface area (Å²) in [6.07, 6.45) is 3.90. The fraction of sp³-hybridized carbons (Fsp3) is 0.538. The summed E-state index contributed by atoms with van der Waals surface area (Å²) in [4.78, 5) is 79.9. The molecular formula is C39H58N8O6. The normalized spacial score (nSPS) is 15.5. The van der Waals surface area contributed by atoms with Crippen molar-refractivity contribution in [3.63, 3.8) is 0 Å². The van der Waals surface area contributed by atoms with Gasteiger partial charge in [-0.15, -0.1) is 0 Å². The third-order valence-corrected chi connectivity index (χ3v) is 9.35. The maximum atomic E-state index is 13.9. The van der Waals surface area contributed by atoms with Crippen LogP contribution < -0.4 is 38.5 Å². The third-order valence-electron chi connectivity index (χ3n) is 9.35.